The summed E-state index contributed by atoms with van der Waals surface area (Å²) >= 11 is 5.70. The van der Waals surface area contributed by atoms with E-state index in [1.165, 1.54) is 13.2 Å². The van der Waals surface area contributed by atoms with Gasteiger partial charge in [-0.15, -0.1) is 5.73 Å². The number of benzene rings is 1. The van der Waals surface area contributed by atoms with Gasteiger partial charge in [0.25, 0.3) is 0 Å². The van der Waals surface area contributed by atoms with Crippen molar-refractivity contribution in [3.05, 3.63) is 46.7 Å². The van der Waals surface area contributed by atoms with Crippen LogP contribution in [0.15, 0.2) is 36.1 Å². The van der Waals surface area contributed by atoms with Gasteiger partial charge in [-0.25, -0.2) is 4.79 Å². The average molecular weight is 209 g/mol. The van der Waals surface area contributed by atoms with Crippen molar-refractivity contribution in [2.24, 2.45) is 0 Å². The second-order valence-corrected chi connectivity index (χ2v) is 2.97. The van der Waals surface area contributed by atoms with Crippen LogP contribution in [-0.4, -0.2) is 13.1 Å². The molecular weight excluding hydrogens is 200 g/mol. The Labute approximate surface area is 87.5 Å². The molecule has 0 amide bonds. The predicted molar refractivity (Wildman–Crippen MR) is 56.0 cm³/mol. The zero-order valence-corrected chi connectivity index (χ0v) is 8.41. The lowest BCUT2D eigenvalue weighted by molar-refractivity contribution is -0.134. The largest absolute Gasteiger partial charge is 0.465 e. The minimum absolute atomic E-state index is 0.421. The molecule has 2 nitrogen and oxygen atoms in total. The number of carbonyl (C=O) groups is 1. The van der Waals surface area contributed by atoms with Gasteiger partial charge >= 0.3 is 5.97 Å². The molecule has 0 heterocycles. The van der Waals surface area contributed by atoms with E-state index in [2.05, 4.69) is 10.5 Å². The highest BCUT2D eigenvalue weighted by Crippen LogP contribution is 2.09. The first kappa shape index (κ1) is 10.6. The van der Waals surface area contributed by atoms with Gasteiger partial charge in [0, 0.05) is 5.02 Å². The standard InChI is InChI=1S/C11H9ClO2/c1-14-11(13)4-2-3-9-5-7-10(12)8-6-9/h3-8H,1H3. The summed E-state index contributed by atoms with van der Waals surface area (Å²) in [6.07, 6.45) is 2.90. The average Bonchev–Trinajstić information content (AvgIpc) is 2.21. The van der Waals surface area contributed by atoms with E-state index < -0.39 is 5.97 Å². The lowest BCUT2D eigenvalue weighted by Gasteiger charge is -1.90. The summed E-state index contributed by atoms with van der Waals surface area (Å²) < 4.78 is 4.41. The van der Waals surface area contributed by atoms with E-state index in [1.807, 2.05) is 12.1 Å². The highest BCUT2D eigenvalue weighted by molar-refractivity contribution is 6.30. The second-order valence-electron chi connectivity index (χ2n) is 2.53. The zero-order chi connectivity index (χ0) is 10.4. The van der Waals surface area contributed by atoms with Crippen molar-refractivity contribution in [2.75, 3.05) is 7.11 Å². The van der Waals surface area contributed by atoms with Crippen molar-refractivity contribution in [3.8, 4) is 0 Å². The maximum Gasteiger partial charge on any atom is 0.338 e. The fraction of sp³-hybridized carbons (Fsp3) is 0.0909. The van der Waals surface area contributed by atoms with Crippen LogP contribution in [0.3, 0.4) is 0 Å². The SMILES string of the molecule is COC(=O)C=C=Cc1ccc(Cl)cc1. The number of hydrogen-bond acceptors (Lipinski definition) is 2. The van der Waals surface area contributed by atoms with Crippen molar-refractivity contribution in [2.45, 2.75) is 0 Å². The molecule has 0 saturated carbocycles. The maximum absolute atomic E-state index is 10.7. The number of esters is 1. The fourth-order valence-corrected chi connectivity index (χ4v) is 0.950. The molecule has 0 aliphatic heterocycles. The Kier molecular flexibility index (Phi) is 3.99. The molecule has 1 aromatic carbocycles. The van der Waals surface area contributed by atoms with Crippen LogP contribution in [-0.2, 0) is 9.53 Å². The molecule has 72 valence electrons. The van der Waals surface area contributed by atoms with E-state index in [1.54, 1.807) is 18.2 Å². The molecule has 0 aliphatic rings. The van der Waals surface area contributed by atoms with Crippen LogP contribution < -0.4 is 0 Å². The highest BCUT2D eigenvalue weighted by atomic mass is 35.5. The van der Waals surface area contributed by atoms with Crippen LogP contribution in [0, 0.1) is 0 Å². The van der Waals surface area contributed by atoms with Gasteiger partial charge < -0.3 is 4.74 Å². The normalized spacial score (nSPS) is 8.71. The molecule has 14 heavy (non-hydrogen) atoms. The van der Waals surface area contributed by atoms with Crippen LogP contribution in [0.2, 0.25) is 5.02 Å². The lowest BCUT2D eigenvalue weighted by atomic mass is 10.2. The molecule has 0 bridgehead atoms. The monoisotopic (exact) mass is 208 g/mol. The van der Waals surface area contributed by atoms with Crippen LogP contribution in [0.4, 0.5) is 0 Å². The third-order valence-corrected chi connectivity index (χ3v) is 1.77. The summed E-state index contributed by atoms with van der Waals surface area (Å²) in [4.78, 5) is 10.7. The maximum atomic E-state index is 10.7. The summed E-state index contributed by atoms with van der Waals surface area (Å²) in [6, 6.07) is 7.21. The third kappa shape index (κ3) is 3.48. The van der Waals surface area contributed by atoms with Gasteiger partial charge in [0.15, 0.2) is 0 Å². The van der Waals surface area contributed by atoms with Crippen molar-refractivity contribution < 1.29 is 9.53 Å². The van der Waals surface area contributed by atoms with Gasteiger partial charge in [0.1, 0.15) is 0 Å². The predicted octanol–water partition coefficient (Wildman–Crippen LogP) is 2.68. The summed E-state index contributed by atoms with van der Waals surface area (Å²) in [5, 5.41) is 0.680. The van der Waals surface area contributed by atoms with E-state index in [0.717, 1.165) is 5.56 Å². The summed E-state index contributed by atoms with van der Waals surface area (Å²) in [5.41, 5.74) is 3.63. The third-order valence-electron chi connectivity index (χ3n) is 1.52. The van der Waals surface area contributed by atoms with E-state index in [0.29, 0.717) is 5.02 Å². The van der Waals surface area contributed by atoms with E-state index in [4.69, 9.17) is 11.6 Å². The highest BCUT2D eigenvalue weighted by Gasteiger charge is 1.88. The number of ether oxygens (including phenoxy) is 1. The lowest BCUT2D eigenvalue weighted by Crippen LogP contribution is -1.92. The molecule has 3 heteroatoms. The Bertz CT molecular complexity index is 373. The van der Waals surface area contributed by atoms with E-state index in [9.17, 15) is 4.79 Å². The van der Waals surface area contributed by atoms with Gasteiger partial charge in [-0.1, -0.05) is 23.7 Å². The van der Waals surface area contributed by atoms with Gasteiger partial charge in [0.05, 0.1) is 13.2 Å². The van der Waals surface area contributed by atoms with Gasteiger partial charge in [0.2, 0.25) is 0 Å². The van der Waals surface area contributed by atoms with Gasteiger partial charge in [-0.2, -0.15) is 0 Å². The Balaban J connectivity index is 2.73. The molecule has 1 aromatic rings. The Morgan fingerprint density at radius 2 is 2.07 bits per heavy atom. The summed E-state index contributed by atoms with van der Waals surface area (Å²) in [7, 11) is 1.32. The van der Waals surface area contributed by atoms with E-state index in [-0.39, 0.29) is 0 Å². The van der Waals surface area contributed by atoms with Crippen molar-refractivity contribution in [1.29, 1.82) is 0 Å². The Hall–Kier alpha value is -1.50. The topological polar surface area (TPSA) is 26.3 Å². The summed E-state index contributed by atoms with van der Waals surface area (Å²) in [6.45, 7) is 0. The zero-order valence-electron chi connectivity index (χ0n) is 7.66. The number of halogens is 1. The number of hydrogen-bond donors (Lipinski definition) is 0. The molecule has 0 atom stereocenters. The van der Waals surface area contributed by atoms with Crippen LogP contribution in [0.5, 0.6) is 0 Å². The second kappa shape index (κ2) is 5.28. The number of methoxy groups -OCH3 is 1. The first-order valence-electron chi connectivity index (χ1n) is 3.98. The van der Waals surface area contributed by atoms with Crippen LogP contribution in [0.1, 0.15) is 5.56 Å². The molecular formula is C11H9ClO2. The molecule has 0 aliphatic carbocycles. The number of carbonyl (C=O) groups excluding carboxylic acids is 1. The molecule has 1 rings (SSSR count). The fourth-order valence-electron chi connectivity index (χ4n) is 0.824. The molecule has 0 N–H and O–H groups in total. The molecule has 0 radical (unpaired) electrons. The first-order chi connectivity index (χ1) is 6.72. The van der Waals surface area contributed by atoms with Crippen LogP contribution >= 0.6 is 11.6 Å². The smallest absolute Gasteiger partial charge is 0.338 e. The van der Waals surface area contributed by atoms with Crippen LogP contribution in [0.25, 0.3) is 6.08 Å². The molecule has 0 saturated heterocycles. The minimum atomic E-state index is -0.421. The van der Waals surface area contributed by atoms with Crippen molar-refractivity contribution in [3.63, 3.8) is 0 Å². The molecule has 0 spiro atoms. The number of rotatable bonds is 2. The van der Waals surface area contributed by atoms with E-state index >= 15 is 0 Å². The Morgan fingerprint density at radius 1 is 1.43 bits per heavy atom. The Morgan fingerprint density at radius 3 is 2.64 bits per heavy atom. The van der Waals surface area contributed by atoms with Crippen molar-refractivity contribution >= 4 is 23.6 Å². The molecule has 0 aromatic heterocycles. The molecule has 0 fully saturated rings. The molecule has 0 unspecified atom stereocenters. The van der Waals surface area contributed by atoms with Gasteiger partial charge in [-0.3, -0.25) is 0 Å². The summed E-state index contributed by atoms with van der Waals surface area (Å²) in [5.74, 6) is -0.421. The van der Waals surface area contributed by atoms with Crippen molar-refractivity contribution in [1.82, 2.24) is 0 Å². The first-order valence-corrected chi connectivity index (χ1v) is 4.36. The van der Waals surface area contributed by atoms with Gasteiger partial charge in [-0.05, 0) is 23.8 Å². The quantitative estimate of drug-likeness (QED) is 0.424. The minimum Gasteiger partial charge on any atom is -0.465 e.